The molecule has 0 radical (unpaired) electrons. The van der Waals surface area contributed by atoms with Gasteiger partial charge in [0.25, 0.3) is 0 Å². The fraction of sp³-hybridized carbons (Fsp3) is 0.562. The number of aryl methyl sites for hydroxylation is 2. The van der Waals surface area contributed by atoms with Crippen molar-refractivity contribution in [2.75, 3.05) is 31.5 Å². The van der Waals surface area contributed by atoms with Gasteiger partial charge in [-0.15, -0.1) is 24.8 Å². The third-order valence-electron chi connectivity index (χ3n) is 4.28. The maximum atomic E-state index is 12.5. The van der Waals surface area contributed by atoms with Gasteiger partial charge in [-0.3, -0.25) is 9.69 Å². The zero-order chi connectivity index (χ0) is 16.9. The lowest BCUT2D eigenvalue weighted by Gasteiger charge is -2.35. The minimum Gasteiger partial charge on any atom is -0.337 e. The number of nitrogens with zero attached hydrogens (tertiary/aromatic N) is 5. The molecular formula is C16H27Cl2N7O. The van der Waals surface area contributed by atoms with E-state index in [1.165, 1.54) is 0 Å². The molecule has 2 aromatic heterocycles. The van der Waals surface area contributed by atoms with Crippen LogP contribution in [0.2, 0.25) is 0 Å². The second-order valence-electron chi connectivity index (χ2n) is 6.07. The van der Waals surface area contributed by atoms with Gasteiger partial charge in [0.05, 0.1) is 18.8 Å². The first-order valence-corrected chi connectivity index (χ1v) is 8.42. The molecule has 1 atom stereocenters. The normalized spacial score (nSPS) is 17.2. The second-order valence-corrected chi connectivity index (χ2v) is 6.07. The van der Waals surface area contributed by atoms with Gasteiger partial charge in [-0.05, 0) is 6.42 Å². The number of hydrogen-bond donors (Lipinski definition) is 2. The van der Waals surface area contributed by atoms with E-state index < -0.39 is 0 Å². The van der Waals surface area contributed by atoms with Crippen molar-refractivity contribution in [3.8, 4) is 0 Å². The molecule has 0 aromatic carbocycles. The Morgan fingerprint density at radius 2 is 2.19 bits per heavy atom. The van der Waals surface area contributed by atoms with Crippen LogP contribution in [0, 0.1) is 0 Å². The number of piperazine rings is 1. The number of carbonyl (C=O) groups excluding carboxylic acids is 1. The molecule has 146 valence electrons. The van der Waals surface area contributed by atoms with Crippen LogP contribution in [0.5, 0.6) is 0 Å². The number of amides is 1. The maximum absolute atomic E-state index is 12.5. The molecule has 2 aromatic rings. The van der Waals surface area contributed by atoms with Crippen molar-refractivity contribution in [3.05, 3.63) is 30.5 Å². The molecule has 1 aliphatic heterocycles. The summed E-state index contributed by atoms with van der Waals surface area (Å²) in [5.74, 6) is 1.71. The summed E-state index contributed by atoms with van der Waals surface area (Å²) in [6.07, 6.45) is 6.42. The first-order valence-electron chi connectivity index (χ1n) is 8.42. The molecule has 0 aliphatic carbocycles. The zero-order valence-corrected chi connectivity index (χ0v) is 16.7. The van der Waals surface area contributed by atoms with E-state index >= 15 is 0 Å². The first-order chi connectivity index (χ1) is 11.7. The van der Waals surface area contributed by atoms with Crippen molar-refractivity contribution < 1.29 is 4.79 Å². The van der Waals surface area contributed by atoms with E-state index in [0.29, 0.717) is 6.54 Å². The Labute approximate surface area is 166 Å². The Balaban J connectivity index is 0.00000169. The standard InChI is InChI=1S/C16H25N7O.2ClH/c1-3-8-23-14(4-5-19-23)20-15(24)12-22-10-6-17-11-13(22)16-18-7-9-21(16)2;;/h4-5,7,9,13,17H,3,6,8,10-12H2,1-2H3,(H,20,24);2*1H. The van der Waals surface area contributed by atoms with E-state index in [1.54, 1.807) is 12.4 Å². The maximum Gasteiger partial charge on any atom is 0.239 e. The molecule has 3 rings (SSSR count). The van der Waals surface area contributed by atoms with Crippen LogP contribution in [-0.2, 0) is 18.4 Å². The van der Waals surface area contributed by atoms with Crippen molar-refractivity contribution in [1.82, 2.24) is 29.5 Å². The fourth-order valence-corrected chi connectivity index (χ4v) is 3.08. The Morgan fingerprint density at radius 1 is 1.38 bits per heavy atom. The van der Waals surface area contributed by atoms with E-state index in [2.05, 4.69) is 32.5 Å². The van der Waals surface area contributed by atoms with E-state index in [-0.39, 0.29) is 36.8 Å². The summed E-state index contributed by atoms with van der Waals surface area (Å²) in [7, 11) is 1.98. The van der Waals surface area contributed by atoms with E-state index in [0.717, 1.165) is 44.2 Å². The highest BCUT2D eigenvalue weighted by molar-refractivity contribution is 5.91. The molecule has 0 bridgehead atoms. The molecule has 0 spiro atoms. The van der Waals surface area contributed by atoms with Crippen LogP contribution < -0.4 is 10.6 Å². The Morgan fingerprint density at radius 3 is 2.88 bits per heavy atom. The summed E-state index contributed by atoms with van der Waals surface area (Å²) < 4.78 is 3.84. The third kappa shape index (κ3) is 5.20. The zero-order valence-electron chi connectivity index (χ0n) is 15.1. The van der Waals surface area contributed by atoms with Gasteiger partial charge in [-0.2, -0.15) is 5.10 Å². The van der Waals surface area contributed by atoms with Crippen LogP contribution in [-0.4, -0.2) is 56.3 Å². The number of rotatable bonds is 6. The van der Waals surface area contributed by atoms with E-state index in [4.69, 9.17) is 0 Å². The summed E-state index contributed by atoms with van der Waals surface area (Å²) in [5, 5.41) is 10.6. The predicted molar refractivity (Wildman–Crippen MR) is 106 cm³/mol. The van der Waals surface area contributed by atoms with Gasteiger partial charge in [0.1, 0.15) is 11.6 Å². The minimum atomic E-state index is -0.0195. The fourth-order valence-electron chi connectivity index (χ4n) is 3.08. The summed E-state index contributed by atoms with van der Waals surface area (Å²) >= 11 is 0. The largest absolute Gasteiger partial charge is 0.337 e. The highest BCUT2D eigenvalue weighted by Crippen LogP contribution is 2.20. The second kappa shape index (κ2) is 10.5. The number of nitrogens with one attached hydrogen (secondary N) is 2. The Kier molecular flexibility index (Phi) is 9.07. The summed E-state index contributed by atoms with van der Waals surface area (Å²) in [5.41, 5.74) is 0. The third-order valence-corrected chi connectivity index (χ3v) is 4.28. The quantitative estimate of drug-likeness (QED) is 0.762. The average Bonchev–Trinajstić information content (AvgIpc) is 3.18. The highest BCUT2D eigenvalue weighted by atomic mass is 35.5. The van der Waals surface area contributed by atoms with Crippen LogP contribution in [0.3, 0.4) is 0 Å². The smallest absolute Gasteiger partial charge is 0.239 e. The summed E-state index contributed by atoms with van der Waals surface area (Å²) in [4.78, 5) is 19.1. The number of imidazole rings is 1. The van der Waals surface area contributed by atoms with Gasteiger partial charge in [0.2, 0.25) is 5.91 Å². The van der Waals surface area contributed by atoms with Crippen molar-refractivity contribution in [3.63, 3.8) is 0 Å². The lowest BCUT2D eigenvalue weighted by molar-refractivity contribution is -0.118. The number of halogens is 2. The van der Waals surface area contributed by atoms with Crippen molar-refractivity contribution in [1.29, 1.82) is 0 Å². The minimum absolute atomic E-state index is 0. The Bertz CT molecular complexity index is 688. The number of anilines is 1. The van der Waals surface area contributed by atoms with Crippen molar-refractivity contribution in [2.24, 2.45) is 7.05 Å². The molecule has 1 unspecified atom stereocenters. The van der Waals surface area contributed by atoms with Gasteiger partial charge in [-0.1, -0.05) is 6.92 Å². The van der Waals surface area contributed by atoms with Crippen LogP contribution in [0.25, 0.3) is 0 Å². The molecule has 2 N–H and O–H groups in total. The molecule has 1 saturated heterocycles. The molecule has 0 saturated carbocycles. The van der Waals surface area contributed by atoms with E-state index in [1.807, 2.05) is 28.6 Å². The summed E-state index contributed by atoms with van der Waals surface area (Å²) in [6.45, 7) is 5.72. The van der Waals surface area contributed by atoms with Crippen LogP contribution in [0.15, 0.2) is 24.7 Å². The van der Waals surface area contributed by atoms with Crippen LogP contribution in [0.1, 0.15) is 25.2 Å². The van der Waals surface area contributed by atoms with Gasteiger partial charge in [-0.25, -0.2) is 9.67 Å². The van der Waals surface area contributed by atoms with Gasteiger partial charge >= 0.3 is 0 Å². The molecule has 8 nitrogen and oxygen atoms in total. The SMILES string of the molecule is CCCn1nccc1NC(=O)CN1CCNCC1c1nccn1C.Cl.Cl. The molecule has 1 fully saturated rings. The number of hydrogen-bond acceptors (Lipinski definition) is 5. The molecular weight excluding hydrogens is 377 g/mol. The lowest BCUT2D eigenvalue weighted by atomic mass is 10.1. The van der Waals surface area contributed by atoms with Crippen molar-refractivity contribution in [2.45, 2.75) is 25.9 Å². The summed E-state index contributed by atoms with van der Waals surface area (Å²) in [6, 6.07) is 1.94. The molecule has 10 heteroatoms. The topological polar surface area (TPSA) is 80.0 Å². The van der Waals surface area contributed by atoms with Gasteiger partial charge < -0.3 is 15.2 Å². The molecule has 3 heterocycles. The molecule has 26 heavy (non-hydrogen) atoms. The Hall–Kier alpha value is -1.61. The first kappa shape index (κ1) is 22.4. The van der Waals surface area contributed by atoms with Gasteiger partial charge in [0.15, 0.2) is 0 Å². The lowest BCUT2D eigenvalue weighted by Crippen LogP contribution is -2.49. The number of aromatic nitrogens is 4. The van der Waals surface area contributed by atoms with Crippen LogP contribution in [0.4, 0.5) is 5.82 Å². The molecule has 1 aliphatic rings. The van der Waals surface area contributed by atoms with Crippen LogP contribution >= 0.6 is 24.8 Å². The highest BCUT2D eigenvalue weighted by Gasteiger charge is 2.28. The molecule has 1 amide bonds. The van der Waals surface area contributed by atoms with Gasteiger partial charge in [0, 0.05) is 51.7 Å². The number of carbonyl (C=O) groups is 1. The van der Waals surface area contributed by atoms with E-state index in [9.17, 15) is 4.79 Å². The predicted octanol–water partition coefficient (Wildman–Crippen LogP) is 1.46. The average molecular weight is 404 g/mol. The monoisotopic (exact) mass is 403 g/mol. The van der Waals surface area contributed by atoms with Crippen molar-refractivity contribution >= 4 is 36.5 Å².